The van der Waals surface area contributed by atoms with Crippen molar-refractivity contribution in [3.05, 3.63) is 0 Å². The first-order valence-electron chi connectivity index (χ1n) is 8.80. The number of hydrogen-bond acceptors (Lipinski definition) is 6. The highest BCUT2D eigenvalue weighted by Gasteiger charge is 2.11. The molecule has 0 aliphatic heterocycles. The van der Waals surface area contributed by atoms with Crippen molar-refractivity contribution in [3.63, 3.8) is 0 Å². The summed E-state index contributed by atoms with van der Waals surface area (Å²) < 4.78 is 31.3. The zero-order valence-electron chi connectivity index (χ0n) is 16.6. The average molecular weight is 373 g/mol. The molecule has 0 heterocycles. The summed E-state index contributed by atoms with van der Waals surface area (Å²) >= 11 is 0. The van der Waals surface area contributed by atoms with Gasteiger partial charge in [0, 0.05) is 39.6 Å². The van der Waals surface area contributed by atoms with E-state index in [0.29, 0.717) is 39.6 Å². The Balaban J connectivity index is -0.000000297. The summed E-state index contributed by atoms with van der Waals surface area (Å²) in [5.41, 5.74) is 0. The summed E-state index contributed by atoms with van der Waals surface area (Å²) in [5.74, 6) is 0. The second-order valence-electron chi connectivity index (χ2n) is 4.02. The first kappa shape index (κ1) is 28.0. The van der Waals surface area contributed by atoms with E-state index in [1.54, 1.807) is 0 Å². The van der Waals surface area contributed by atoms with Crippen LogP contribution in [0.2, 0.25) is 0 Å². The van der Waals surface area contributed by atoms with E-state index in [0.717, 1.165) is 0 Å². The quantitative estimate of drug-likeness (QED) is 0.491. The van der Waals surface area contributed by atoms with Gasteiger partial charge in [0.25, 0.3) is 0 Å². The predicted octanol–water partition coefficient (Wildman–Crippen LogP) is 3.04. The Morgan fingerprint density at radius 3 is 0.609 bits per heavy atom. The molecule has 0 amide bonds. The smallest absolute Gasteiger partial charge is 0.376 e. The molecule has 0 radical (unpaired) electrons. The minimum Gasteiger partial charge on any atom is -0.376 e. The molecule has 0 aliphatic carbocycles. The van der Waals surface area contributed by atoms with Gasteiger partial charge < -0.3 is 26.6 Å². The topological polar surface area (TPSA) is 55.4 Å². The SMILES string of the molecule is CCC.CCO[SiH](OCC)OCC.CCO[SiH](OCC)OCC. The fourth-order valence-corrected chi connectivity index (χ4v) is 3.32. The van der Waals surface area contributed by atoms with Crippen LogP contribution in [0.25, 0.3) is 0 Å². The van der Waals surface area contributed by atoms with E-state index in [-0.39, 0.29) is 0 Å². The van der Waals surface area contributed by atoms with Crippen LogP contribution in [-0.2, 0) is 26.6 Å². The van der Waals surface area contributed by atoms with Crippen molar-refractivity contribution in [2.24, 2.45) is 0 Å². The second kappa shape index (κ2) is 27.1. The highest BCUT2D eigenvalue weighted by Crippen LogP contribution is 1.91. The van der Waals surface area contributed by atoms with Crippen molar-refractivity contribution in [3.8, 4) is 0 Å². The van der Waals surface area contributed by atoms with Crippen molar-refractivity contribution >= 4 is 19.1 Å². The van der Waals surface area contributed by atoms with Crippen LogP contribution in [-0.4, -0.2) is 58.7 Å². The third-order valence-electron chi connectivity index (χ3n) is 1.82. The van der Waals surface area contributed by atoms with Gasteiger partial charge in [0.2, 0.25) is 0 Å². The maximum atomic E-state index is 5.22. The van der Waals surface area contributed by atoms with Crippen LogP contribution in [0.1, 0.15) is 61.8 Å². The zero-order valence-corrected chi connectivity index (χ0v) is 18.9. The lowest BCUT2D eigenvalue weighted by Crippen LogP contribution is -2.27. The predicted molar refractivity (Wildman–Crippen MR) is 100 cm³/mol. The van der Waals surface area contributed by atoms with Crippen molar-refractivity contribution in [2.75, 3.05) is 39.6 Å². The van der Waals surface area contributed by atoms with Crippen LogP contribution in [0.4, 0.5) is 0 Å². The standard InChI is InChI=1S/2C6H16O3Si.C3H8/c2*1-4-7-10(8-5-2)9-6-3;1-3-2/h2*10H,4-6H2,1-3H3;3H2,1-2H3. The summed E-state index contributed by atoms with van der Waals surface area (Å²) in [5, 5.41) is 0. The van der Waals surface area contributed by atoms with Gasteiger partial charge in [-0.15, -0.1) is 0 Å². The fraction of sp³-hybridized carbons (Fsp3) is 1.00. The van der Waals surface area contributed by atoms with Crippen LogP contribution in [0.3, 0.4) is 0 Å². The maximum Gasteiger partial charge on any atom is 0.484 e. The third kappa shape index (κ3) is 27.3. The second-order valence-corrected chi connectivity index (χ2v) is 7.17. The Bertz CT molecular complexity index is 143. The molecule has 0 rings (SSSR count). The molecule has 0 aromatic heterocycles. The van der Waals surface area contributed by atoms with Gasteiger partial charge in [-0.3, -0.25) is 0 Å². The van der Waals surface area contributed by atoms with Gasteiger partial charge >= 0.3 is 19.1 Å². The minimum atomic E-state index is -1.73. The van der Waals surface area contributed by atoms with E-state index in [1.165, 1.54) is 6.42 Å². The van der Waals surface area contributed by atoms with Gasteiger partial charge in [0.1, 0.15) is 0 Å². The molecule has 0 bridgehead atoms. The molecule has 0 aromatic carbocycles. The molecule has 0 atom stereocenters. The lowest BCUT2D eigenvalue weighted by atomic mass is 10.6. The molecule has 0 spiro atoms. The van der Waals surface area contributed by atoms with E-state index < -0.39 is 19.1 Å². The Hall–Kier alpha value is 0.194. The molecule has 0 aliphatic rings. The molecule has 0 N–H and O–H groups in total. The van der Waals surface area contributed by atoms with Gasteiger partial charge in [-0.2, -0.15) is 0 Å². The fourth-order valence-electron chi connectivity index (χ4n) is 1.11. The van der Waals surface area contributed by atoms with Crippen molar-refractivity contribution in [1.29, 1.82) is 0 Å². The van der Waals surface area contributed by atoms with Gasteiger partial charge in [0.15, 0.2) is 0 Å². The maximum absolute atomic E-state index is 5.22. The largest absolute Gasteiger partial charge is 0.484 e. The summed E-state index contributed by atoms with van der Waals surface area (Å²) in [7, 11) is -3.47. The first-order chi connectivity index (χ1) is 11.1. The van der Waals surface area contributed by atoms with Crippen LogP contribution < -0.4 is 0 Å². The molecule has 0 fully saturated rings. The molecule has 0 unspecified atom stereocenters. The van der Waals surface area contributed by atoms with E-state index in [2.05, 4.69) is 13.8 Å². The van der Waals surface area contributed by atoms with Crippen LogP contribution >= 0.6 is 0 Å². The van der Waals surface area contributed by atoms with Crippen molar-refractivity contribution in [2.45, 2.75) is 61.8 Å². The lowest BCUT2D eigenvalue weighted by molar-refractivity contribution is 0.106. The lowest BCUT2D eigenvalue weighted by Gasteiger charge is -2.12. The molecule has 6 nitrogen and oxygen atoms in total. The average Bonchev–Trinajstić information content (AvgIpc) is 2.50. The van der Waals surface area contributed by atoms with Gasteiger partial charge in [0.05, 0.1) is 0 Å². The minimum absolute atomic E-state index is 0.677. The summed E-state index contributed by atoms with van der Waals surface area (Å²) in [4.78, 5) is 0. The summed E-state index contributed by atoms with van der Waals surface area (Å²) in [6, 6.07) is 0. The van der Waals surface area contributed by atoms with Crippen molar-refractivity contribution in [1.82, 2.24) is 0 Å². The monoisotopic (exact) mass is 372 g/mol. The highest BCUT2D eigenvalue weighted by atomic mass is 28.3. The Kier molecular flexibility index (Phi) is 33.0. The van der Waals surface area contributed by atoms with E-state index in [1.807, 2.05) is 41.5 Å². The Labute approximate surface area is 147 Å². The zero-order chi connectivity index (χ0) is 18.3. The van der Waals surface area contributed by atoms with Crippen LogP contribution in [0.5, 0.6) is 0 Å². The Morgan fingerprint density at radius 2 is 0.522 bits per heavy atom. The van der Waals surface area contributed by atoms with Gasteiger partial charge in [-0.05, 0) is 41.5 Å². The Morgan fingerprint density at radius 1 is 0.391 bits per heavy atom. The summed E-state index contributed by atoms with van der Waals surface area (Å²) in [6.07, 6.45) is 1.25. The molecule has 0 saturated heterocycles. The number of hydrogen-bond donors (Lipinski definition) is 0. The molecule has 23 heavy (non-hydrogen) atoms. The summed E-state index contributed by atoms with van der Waals surface area (Å²) in [6.45, 7) is 20.0. The van der Waals surface area contributed by atoms with E-state index in [9.17, 15) is 0 Å². The molecular formula is C15H40O6Si2. The molecule has 8 heteroatoms. The molecular weight excluding hydrogens is 332 g/mol. The van der Waals surface area contributed by atoms with Crippen molar-refractivity contribution < 1.29 is 26.6 Å². The number of rotatable bonds is 12. The molecule has 0 saturated carbocycles. The van der Waals surface area contributed by atoms with Gasteiger partial charge in [-0.25, -0.2) is 0 Å². The molecule has 0 aromatic rings. The highest BCUT2D eigenvalue weighted by molar-refractivity contribution is 6.36. The van der Waals surface area contributed by atoms with E-state index in [4.69, 9.17) is 26.6 Å². The normalized spacial score (nSPS) is 10.2. The third-order valence-corrected chi connectivity index (χ3v) is 5.45. The first-order valence-corrected chi connectivity index (χ1v) is 11.6. The van der Waals surface area contributed by atoms with Crippen LogP contribution in [0.15, 0.2) is 0 Å². The molecule has 144 valence electrons. The van der Waals surface area contributed by atoms with Gasteiger partial charge in [-0.1, -0.05) is 20.3 Å². The van der Waals surface area contributed by atoms with Crippen LogP contribution in [0, 0.1) is 0 Å². The van der Waals surface area contributed by atoms with E-state index >= 15 is 0 Å².